The van der Waals surface area contributed by atoms with Crippen LogP contribution in [0.4, 0.5) is 0 Å². The molecule has 0 heterocycles. The fourth-order valence-electron chi connectivity index (χ4n) is 2.67. The van der Waals surface area contributed by atoms with Gasteiger partial charge in [-0.2, -0.15) is 5.26 Å². The van der Waals surface area contributed by atoms with Crippen molar-refractivity contribution in [2.24, 2.45) is 5.92 Å². The van der Waals surface area contributed by atoms with Gasteiger partial charge >= 0.3 is 0 Å². The minimum Gasteiger partial charge on any atom is -0.295 e. The Morgan fingerprint density at radius 1 is 1.36 bits per heavy atom. The molecule has 0 saturated heterocycles. The Morgan fingerprint density at radius 3 is 2.43 bits per heavy atom. The van der Waals surface area contributed by atoms with E-state index in [1.165, 1.54) is 12.8 Å². The third-order valence-electron chi connectivity index (χ3n) is 3.25. The molecule has 0 radical (unpaired) electrons. The Balaban J connectivity index is 2.75. The number of nitrogens with zero attached hydrogens (tertiary/aromatic N) is 2. The highest BCUT2D eigenvalue weighted by Crippen LogP contribution is 2.33. The minimum atomic E-state index is 0.193. The Morgan fingerprint density at radius 2 is 2.00 bits per heavy atom. The minimum absolute atomic E-state index is 0.193. The summed E-state index contributed by atoms with van der Waals surface area (Å²) in [6, 6.07) is 2.95. The van der Waals surface area contributed by atoms with Crippen LogP contribution < -0.4 is 0 Å². The summed E-state index contributed by atoms with van der Waals surface area (Å²) in [5, 5.41) is 9.07. The van der Waals surface area contributed by atoms with E-state index in [0.717, 1.165) is 13.0 Å². The van der Waals surface area contributed by atoms with Gasteiger partial charge in [-0.25, -0.2) is 0 Å². The lowest BCUT2D eigenvalue weighted by Gasteiger charge is -2.40. The summed E-state index contributed by atoms with van der Waals surface area (Å²) in [5.74, 6) is 0.258. The van der Waals surface area contributed by atoms with E-state index in [2.05, 4.69) is 38.7 Å². The maximum Gasteiger partial charge on any atom is 0.0672 e. The van der Waals surface area contributed by atoms with Crippen molar-refractivity contribution in [2.45, 2.75) is 58.5 Å². The van der Waals surface area contributed by atoms with E-state index in [-0.39, 0.29) is 11.5 Å². The van der Waals surface area contributed by atoms with Crippen molar-refractivity contribution in [2.75, 3.05) is 6.54 Å². The van der Waals surface area contributed by atoms with Gasteiger partial charge < -0.3 is 0 Å². The summed E-state index contributed by atoms with van der Waals surface area (Å²) in [7, 11) is 0. The molecule has 80 valence electrons. The second-order valence-electron chi connectivity index (χ2n) is 5.19. The molecule has 1 aliphatic carbocycles. The SMILES string of the molecule is CCN(C1CCCC1C#N)C(C)(C)C. The summed E-state index contributed by atoms with van der Waals surface area (Å²) in [6.45, 7) is 9.96. The molecule has 0 amide bonds. The number of hydrogen-bond donors (Lipinski definition) is 0. The van der Waals surface area contributed by atoms with Crippen LogP contribution in [0.25, 0.3) is 0 Å². The Labute approximate surface area is 87.9 Å². The average molecular weight is 194 g/mol. The molecule has 1 fully saturated rings. The van der Waals surface area contributed by atoms with Crippen molar-refractivity contribution in [3.05, 3.63) is 0 Å². The van der Waals surface area contributed by atoms with E-state index in [9.17, 15) is 0 Å². The maximum atomic E-state index is 9.07. The highest BCUT2D eigenvalue weighted by molar-refractivity contribution is 4.99. The average Bonchev–Trinajstić information content (AvgIpc) is 2.51. The molecule has 0 aromatic carbocycles. The molecular formula is C12H22N2. The first-order valence-corrected chi connectivity index (χ1v) is 5.67. The van der Waals surface area contributed by atoms with Gasteiger partial charge in [-0.1, -0.05) is 13.3 Å². The lowest BCUT2D eigenvalue weighted by atomic mass is 9.97. The monoisotopic (exact) mass is 194 g/mol. The largest absolute Gasteiger partial charge is 0.295 e. The van der Waals surface area contributed by atoms with E-state index >= 15 is 0 Å². The van der Waals surface area contributed by atoms with Crippen LogP contribution >= 0.6 is 0 Å². The van der Waals surface area contributed by atoms with Gasteiger partial charge in [0.25, 0.3) is 0 Å². The molecule has 0 spiro atoms. The third-order valence-corrected chi connectivity index (χ3v) is 3.25. The number of nitriles is 1. The zero-order valence-electron chi connectivity index (χ0n) is 9.88. The lowest BCUT2D eigenvalue weighted by molar-refractivity contribution is 0.0780. The second-order valence-corrected chi connectivity index (χ2v) is 5.19. The molecule has 2 unspecified atom stereocenters. The zero-order chi connectivity index (χ0) is 10.8. The van der Waals surface area contributed by atoms with Gasteiger partial charge in [0.2, 0.25) is 0 Å². The molecule has 0 aliphatic heterocycles. The van der Waals surface area contributed by atoms with Crippen LogP contribution in [0.1, 0.15) is 47.0 Å². The summed E-state index contributed by atoms with van der Waals surface area (Å²) < 4.78 is 0. The molecule has 2 heteroatoms. The van der Waals surface area contributed by atoms with Crippen molar-refractivity contribution in [3.8, 4) is 6.07 Å². The van der Waals surface area contributed by atoms with E-state index in [1.807, 2.05) is 0 Å². The van der Waals surface area contributed by atoms with Crippen LogP contribution in [0.15, 0.2) is 0 Å². The molecule has 0 bridgehead atoms. The quantitative estimate of drug-likeness (QED) is 0.676. The molecule has 1 aliphatic rings. The van der Waals surface area contributed by atoms with Crippen molar-refractivity contribution >= 4 is 0 Å². The second kappa shape index (κ2) is 4.31. The first-order valence-electron chi connectivity index (χ1n) is 5.67. The third kappa shape index (κ3) is 2.27. The summed E-state index contributed by atoms with van der Waals surface area (Å²) >= 11 is 0. The highest BCUT2D eigenvalue weighted by atomic mass is 15.2. The molecular weight excluding hydrogens is 172 g/mol. The smallest absolute Gasteiger partial charge is 0.0672 e. The van der Waals surface area contributed by atoms with Crippen LogP contribution in [-0.2, 0) is 0 Å². The van der Waals surface area contributed by atoms with Gasteiger partial charge in [-0.3, -0.25) is 4.90 Å². The number of rotatable bonds is 2. The van der Waals surface area contributed by atoms with Gasteiger partial charge in [-0.15, -0.1) is 0 Å². The fourth-order valence-corrected chi connectivity index (χ4v) is 2.67. The molecule has 2 nitrogen and oxygen atoms in total. The van der Waals surface area contributed by atoms with Crippen molar-refractivity contribution in [3.63, 3.8) is 0 Å². The normalized spacial score (nSPS) is 28.0. The molecule has 1 saturated carbocycles. The van der Waals surface area contributed by atoms with Crippen molar-refractivity contribution in [1.82, 2.24) is 4.90 Å². The molecule has 14 heavy (non-hydrogen) atoms. The zero-order valence-corrected chi connectivity index (χ0v) is 9.88. The fraction of sp³-hybridized carbons (Fsp3) is 0.917. The van der Waals surface area contributed by atoms with E-state index in [0.29, 0.717) is 6.04 Å². The Bertz CT molecular complexity index is 221. The summed E-state index contributed by atoms with van der Waals surface area (Å²) in [6.07, 6.45) is 3.51. The number of hydrogen-bond acceptors (Lipinski definition) is 2. The van der Waals surface area contributed by atoms with E-state index < -0.39 is 0 Å². The van der Waals surface area contributed by atoms with Gasteiger partial charge in [0, 0.05) is 11.6 Å². The van der Waals surface area contributed by atoms with Crippen LogP contribution in [0.2, 0.25) is 0 Å². The van der Waals surface area contributed by atoms with Crippen LogP contribution in [0, 0.1) is 17.2 Å². The topological polar surface area (TPSA) is 27.0 Å². The van der Waals surface area contributed by atoms with Crippen LogP contribution in [-0.4, -0.2) is 23.0 Å². The predicted octanol–water partition coefficient (Wildman–Crippen LogP) is 2.80. The van der Waals surface area contributed by atoms with Gasteiger partial charge in [0.05, 0.1) is 12.0 Å². The molecule has 0 aromatic rings. The molecule has 0 N–H and O–H groups in total. The standard InChI is InChI=1S/C12H22N2/c1-5-14(12(2,3)4)11-8-6-7-10(11)9-13/h10-11H,5-8H2,1-4H3. The predicted molar refractivity (Wildman–Crippen MR) is 58.9 cm³/mol. The van der Waals surface area contributed by atoms with Crippen LogP contribution in [0.3, 0.4) is 0 Å². The Hall–Kier alpha value is -0.550. The van der Waals surface area contributed by atoms with E-state index in [4.69, 9.17) is 5.26 Å². The molecule has 0 aromatic heterocycles. The van der Waals surface area contributed by atoms with Gasteiger partial charge in [0.15, 0.2) is 0 Å². The van der Waals surface area contributed by atoms with Crippen molar-refractivity contribution in [1.29, 1.82) is 5.26 Å². The molecule has 2 atom stereocenters. The first kappa shape index (κ1) is 11.5. The lowest BCUT2D eigenvalue weighted by Crippen LogP contribution is -2.49. The van der Waals surface area contributed by atoms with Crippen LogP contribution in [0.5, 0.6) is 0 Å². The summed E-state index contributed by atoms with van der Waals surface area (Å²) in [4.78, 5) is 2.48. The van der Waals surface area contributed by atoms with Crippen molar-refractivity contribution < 1.29 is 0 Å². The maximum absolute atomic E-state index is 9.07. The summed E-state index contributed by atoms with van der Waals surface area (Å²) in [5.41, 5.74) is 0.193. The van der Waals surface area contributed by atoms with Gasteiger partial charge in [-0.05, 0) is 40.2 Å². The van der Waals surface area contributed by atoms with E-state index in [1.54, 1.807) is 0 Å². The molecule has 1 rings (SSSR count). The highest BCUT2D eigenvalue weighted by Gasteiger charge is 2.36. The Kier molecular flexibility index (Phi) is 3.55. The van der Waals surface area contributed by atoms with Gasteiger partial charge in [0.1, 0.15) is 0 Å². The first-order chi connectivity index (χ1) is 6.50.